The highest BCUT2D eigenvalue weighted by atomic mass is 32.2. The van der Waals surface area contributed by atoms with E-state index in [9.17, 15) is 52.7 Å². The Bertz CT molecular complexity index is 740. The molecule has 156 valence electrons. The van der Waals surface area contributed by atoms with Crippen LogP contribution in [0.5, 0.6) is 0 Å². The molecule has 1 amide bonds. The highest BCUT2D eigenvalue weighted by molar-refractivity contribution is 7.90. The summed E-state index contributed by atoms with van der Waals surface area (Å²) in [6.45, 7) is 0.994. The van der Waals surface area contributed by atoms with Crippen molar-refractivity contribution in [2.45, 2.75) is 37.8 Å². The lowest BCUT2D eigenvalue weighted by atomic mass is 10.2. The van der Waals surface area contributed by atoms with Gasteiger partial charge in [-0.2, -0.15) is 52.5 Å². The fourth-order valence-corrected chi connectivity index (χ4v) is 1.80. The lowest BCUT2D eigenvalue weighted by Crippen LogP contribution is -2.46. The van der Waals surface area contributed by atoms with Gasteiger partial charge in [0.1, 0.15) is 0 Å². The van der Waals surface area contributed by atoms with Crippen molar-refractivity contribution in [1.82, 2.24) is 4.72 Å². The maximum absolute atomic E-state index is 12.0. The summed E-state index contributed by atoms with van der Waals surface area (Å²) in [5, 5.41) is 0. The molecule has 1 N–H and O–H groups in total. The van der Waals surface area contributed by atoms with Gasteiger partial charge in [-0.05, 0) is 12.5 Å². The molecule has 1 heterocycles. The summed E-state index contributed by atoms with van der Waals surface area (Å²) < 4.78 is 125. The molecule has 0 aromatic carbocycles. The third kappa shape index (κ3) is 9.44. The van der Waals surface area contributed by atoms with Crippen LogP contribution in [0.4, 0.5) is 39.5 Å². The Morgan fingerprint density at radius 2 is 1.59 bits per heavy atom. The van der Waals surface area contributed by atoms with Gasteiger partial charge in [0.05, 0.1) is 0 Å². The maximum Gasteiger partial charge on any atom is 0.516 e. The van der Waals surface area contributed by atoms with Crippen LogP contribution in [-0.4, -0.2) is 32.2 Å². The Hall–Kier alpha value is -2.06. The van der Waals surface area contributed by atoms with Crippen LogP contribution < -0.4 is 9.29 Å². The number of pyridine rings is 1. The zero-order chi connectivity index (χ0) is 21.7. The predicted molar refractivity (Wildman–Crippen MR) is 71.2 cm³/mol. The lowest BCUT2D eigenvalue weighted by molar-refractivity contribution is -0.719. The molecule has 0 saturated heterocycles. The first-order chi connectivity index (χ1) is 11.9. The zero-order valence-corrected chi connectivity index (χ0v) is 14.0. The van der Waals surface area contributed by atoms with E-state index in [0.717, 1.165) is 16.6 Å². The van der Waals surface area contributed by atoms with Gasteiger partial charge < -0.3 is 0 Å². The first kappa shape index (κ1) is 24.9. The van der Waals surface area contributed by atoms with E-state index in [2.05, 4.69) is 0 Å². The van der Waals surface area contributed by atoms with Crippen LogP contribution in [-0.2, 0) is 27.8 Å². The summed E-state index contributed by atoms with van der Waals surface area (Å²) in [4.78, 5) is 9.81. The number of sulfonamides is 1. The van der Waals surface area contributed by atoms with Gasteiger partial charge in [0.15, 0.2) is 12.4 Å². The van der Waals surface area contributed by atoms with Crippen LogP contribution in [0.25, 0.3) is 0 Å². The van der Waals surface area contributed by atoms with E-state index in [-0.39, 0.29) is 4.72 Å². The number of hydrogen-bond acceptors (Lipinski definition) is 3. The van der Waals surface area contributed by atoms with Gasteiger partial charge in [-0.1, -0.05) is 6.92 Å². The number of aromatic nitrogens is 1. The lowest BCUT2D eigenvalue weighted by Gasteiger charge is -2.10. The normalized spacial score (nSPS) is 12.8. The van der Waals surface area contributed by atoms with Gasteiger partial charge >= 0.3 is 33.8 Å². The summed E-state index contributed by atoms with van der Waals surface area (Å²) in [5.74, 6) is -3.20. The number of nitrogens with one attached hydrogen (secondary N) is 1. The molecule has 1 rings (SSSR count). The second kappa shape index (κ2) is 8.75. The predicted octanol–water partition coefficient (Wildman–Crippen LogP) is 2.61. The molecule has 1 aromatic rings. The molecule has 0 aliphatic carbocycles. The molecule has 0 radical (unpaired) electrons. The molecular weight excluding hydrogens is 423 g/mol. The van der Waals surface area contributed by atoms with E-state index < -0.39 is 40.3 Å². The van der Waals surface area contributed by atoms with Gasteiger partial charge in [-0.15, -0.1) is 0 Å². The topological polar surface area (TPSA) is 67.1 Å². The molecule has 0 saturated carbocycles. The molecule has 0 spiro atoms. The van der Waals surface area contributed by atoms with E-state index in [4.69, 9.17) is 0 Å². The Morgan fingerprint density at radius 1 is 1.07 bits per heavy atom. The number of alkyl halides is 9. The average Bonchev–Trinajstić information content (AvgIpc) is 2.43. The van der Waals surface area contributed by atoms with Gasteiger partial charge in [0.25, 0.3) is 0 Å². The molecule has 0 aliphatic heterocycles. The highest BCUT2D eigenvalue weighted by Gasteiger charge is 2.51. The zero-order valence-electron chi connectivity index (χ0n) is 13.2. The minimum atomic E-state index is -6.30. The van der Waals surface area contributed by atoms with Crippen molar-refractivity contribution >= 4 is 15.9 Å². The summed E-state index contributed by atoms with van der Waals surface area (Å²) in [7, 11) is -6.30. The molecule has 1 aromatic heterocycles. The Labute approximate surface area is 146 Å². The summed E-state index contributed by atoms with van der Waals surface area (Å²) in [6.07, 6.45) is -6.14. The Morgan fingerprint density at radius 3 is 1.96 bits per heavy atom. The van der Waals surface area contributed by atoms with Crippen LogP contribution in [0.1, 0.15) is 12.5 Å². The Kier molecular flexibility index (Phi) is 8.08. The largest absolute Gasteiger partial charge is 0.516 e. The van der Waals surface area contributed by atoms with Crippen molar-refractivity contribution in [3.05, 3.63) is 30.1 Å². The molecular formula is C12H12F9N2O3S+. The second-order valence-electron chi connectivity index (χ2n) is 4.73. The van der Waals surface area contributed by atoms with Crippen molar-refractivity contribution < 1.29 is 57.3 Å². The number of amides is 1. The molecule has 0 atom stereocenters. The third-order valence-electron chi connectivity index (χ3n) is 2.48. The number of halogens is 9. The molecule has 0 bridgehead atoms. The van der Waals surface area contributed by atoms with Crippen molar-refractivity contribution in [3.8, 4) is 0 Å². The van der Waals surface area contributed by atoms with Crippen LogP contribution in [0.3, 0.4) is 0 Å². The molecule has 0 fully saturated rings. The molecule has 0 aliphatic rings. The first-order valence-electron chi connectivity index (χ1n) is 6.64. The first-order valence-corrected chi connectivity index (χ1v) is 8.12. The quantitative estimate of drug-likeness (QED) is 0.587. The standard InChI is InChI=1S/C9H11F3N.C3HF6NO3S/c1-2-8-4-3-5-13(6-8)7-9(10,11)12;4-2(5,6)1(11)10-14(12,13)3(7,8)9/h3-6H,2,7H2,1H3;(H,10,11)/q+1;. The van der Waals surface area contributed by atoms with Gasteiger partial charge in [0.2, 0.25) is 6.54 Å². The van der Waals surface area contributed by atoms with Gasteiger partial charge in [0, 0.05) is 11.6 Å². The Balaban J connectivity index is 0.000000501. The fraction of sp³-hybridized carbons (Fsp3) is 0.500. The minimum Gasteiger partial charge on any atom is -0.263 e. The number of carbonyl (C=O) groups excluding carboxylic acids is 1. The van der Waals surface area contributed by atoms with Crippen LogP contribution in [0.2, 0.25) is 0 Å². The number of nitrogens with zero attached hydrogens (tertiary/aromatic N) is 1. The van der Waals surface area contributed by atoms with E-state index >= 15 is 0 Å². The summed E-state index contributed by atoms with van der Waals surface area (Å²) in [6, 6.07) is 3.44. The van der Waals surface area contributed by atoms with Crippen LogP contribution >= 0.6 is 0 Å². The van der Waals surface area contributed by atoms with E-state index in [1.165, 1.54) is 12.4 Å². The molecule has 0 unspecified atom stereocenters. The second-order valence-corrected chi connectivity index (χ2v) is 6.41. The van der Waals surface area contributed by atoms with Crippen molar-refractivity contribution in [2.24, 2.45) is 0 Å². The highest BCUT2D eigenvalue weighted by Crippen LogP contribution is 2.23. The number of carbonyl (C=O) groups is 1. The van der Waals surface area contributed by atoms with Crippen LogP contribution in [0.15, 0.2) is 24.5 Å². The van der Waals surface area contributed by atoms with Crippen LogP contribution in [0, 0.1) is 0 Å². The molecule has 15 heteroatoms. The van der Waals surface area contributed by atoms with E-state index in [1.54, 1.807) is 6.07 Å². The third-order valence-corrected chi connectivity index (χ3v) is 3.54. The summed E-state index contributed by atoms with van der Waals surface area (Å²) in [5.41, 5.74) is -5.06. The maximum atomic E-state index is 12.0. The van der Waals surface area contributed by atoms with E-state index in [1.807, 2.05) is 13.0 Å². The minimum absolute atomic E-state index is 0.181. The SMILES string of the molecule is CCc1ccc[n+](CC(F)(F)F)c1.O=C(NS(=O)(=O)C(F)(F)F)C(F)(F)F. The number of aryl methyl sites for hydroxylation is 1. The molecule has 27 heavy (non-hydrogen) atoms. The van der Waals surface area contributed by atoms with Gasteiger partial charge in [-0.25, -0.2) is 4.72 Å². The van der Waals surface area contributed by atoms with Crippen molar-refractivity contribution in [1.29, 1.82) is 0 Å². The van der Waals surface area contributed by atoms with Crippen molar-refractivity contribution in [3.63, 3.8) is 0 Å². The van der Waals surface area contributed by atoms with Crippen molar-refractivity contribution in [2.75, 3.05) is 0 Å². The molecule has 5 nitrogen and oxygen atoms in total. The average molecular weight is 435 g/mol. The van der Waals surface area contributed by atoms with E-state index in [0.29, 0.717) is 0 Å². The monoisotopic (exact) mass is 435 g/mol. The smallest absolute Gasteiger partial charge is 0.263 e. The number of rotatable bonds is 3. The fourth-order valence-electron chi connectivity index (χ4n) is 1.33. The summed E-state index contributed by atoms with van der Waals surface area (Å²) >= 11 is 0. The number of hydrogen-bond donors (Lipinski definition) is 1. The van der Waals surface area contributed by atoms with Gasteiger partial charge in [-0.3, -0.25) is 4.79 Å².